The number of methoxy groups -OCH3 is 1. The van der Waals surface area contributed by atoms with E-state index in [9.17, 15) is 14.9 Å². The van der Waals surface area contributed by atoms with E-state index in [1.807, 2.05) is 12.1 Å². The van der Waals surface area contributed by atoms with Crippen molar-refractivity contribution in [3.8, 4) is 17.3 Å². The SMILES string of the molecule is COC(=O)c1c(NC(=O)CCSc2nc(-c3ccc(Cl)cc3)ccc2C#N)sc2c1CCCCCC2. The lowest BCUT2D eigenvalue weighted by atomic mass is 9.96. The second-order valence-electron chi connectivity index (χ2n) is 8.43. The standard InChI is InChI=1S/C27H26ClN3O3S2/c1-34-27(33)24-20-6-4-2-3-5-7-22(20)36-26(24)31-23(32)14-15-35-25-18(16-29)10-13-21(30-25)17-8-11-19(28)12-9-17/h8-13H,2-7,14-15H2,1H3,(H,31,32). The normalized spacial score (nSPS) is 13.1. The number of thiophene rings is 1. The third-order valence-corrected chi connectivity index (χ3v) is 8.45. The Morgan fingerprint density at radius 1 is 1.14 bits per heavy atom. The number of aromatic nitrogens is 1. The van der Waals surface area contributed by atoms with E-state index in [4.69, 9.17) is 16.3 Å². The van der Waals surface area contributed by atoms with Crippen molar-refractivity contribution in [3.05, 3.63) is 63.0 Å². The number of carbonyl (C=O) groups excluding carboxylic acids is 2. The minimum atomic E-state index is -0.403. The van der Waals surface area contributed by atoms with Gasteiger partial charge in [-0.2, -0.15) is 5.26 Å². The van der Waals surface area contributed by atoms with Gasteiger partial charge in [0.2, 0.25) is 5.91 Å². The first-order valence-corrected chi connectivity index (χ1v) is 14.0. The summed E-state index contributed by atoms with van der Waals surface area (Å²) in [5.41, 5.74) is 3.62. The Morgan fingerprint density at radius 3 is 2.61 bits per heavy atom. The van der Waals surface area contributed by atoms with Crippen LogP contribution in [-0.2, 0) is 22.4 Å². The molecule has 0 atom stereocenters. The minimum Gasteiger partial charge on any atom is -0.465 e. The van der Waals surface area contributed by atoms with Gasteiger partial charge in [0.25, 0.3) is 0 Å². The summed E-state index contributed by atoms with van der Waals surface area (Å²) in [6.45, 7) is 0. The largest absolute Gasteiger partial charge is 0.465 e. The average Bonchev–Trinajstić information content (AvgIpc) is 3.19. The van der Waals surface area contributed by atoms with Crippen LogP contribution in [0, 0.1) is 11.3 Å². The third kappa shape index (κ3) is 6.28. The van der Waals surface area contributed by atoms with Crippen LogP contribution >= 0.6 is 34.7 Å². The van der Waals surface area contributed by atoms with Crippen LogP contribution in [0.3, 0.4) is 0 Å². The van der Waals surface area contributed by atoms with E-state index in [0.29, 0.717) is 31.9 Å². The summed E-state index contributed by atoms with van der Waals surface area (Å²) in [7, 11) is 1.37. The number of pyridine rings is 1. The first-order valence-electron chi connectivity index (χ1n) is 11.8. The molecule has 1 aliphatic carbocycles. The summed E-state index contributed by atoms with van der Waals surface area (Å²) in [4.78, 5) is 31.2. The fraction of sp³-hybridized carbons (Fsp3) is 0.333. The number of anilines is 1. The first-order chi connectivity index (χ1) is 17.5. The van der Waals surface area contributed by atoms with Crippen LogP contribution in [0.2, 0.25) is 5.02 Å². The van der Waals surface area contributed by atoms with Crippen LogP contribution in [0.1, 0.15) is 58.5 Å². The maximum absolute atomic E-state index is 12.8. The van der Waals surface area contributed by atoms with Gasteiger partial charge in [0.05, 0.1) is 23.9 Å². The molecule has 4 rings (SSSR count). The number of halogens is 1. The van der Waals surface area contributed by atoms with Gasteiger partial charge in [-0.3, -0.25) is 4.79 Å². The van der Waals surface area contributed by atoms with Crippen molar-refractivity contribution < 1.29 is 14.3 Å². The number of nitriles is 1. The van der Waals surface area contributed by atoms with Crippen LogP contribution in [0.15, 0.2) is 41.4 Å². The van der Waals surface area contributed by atoms with Crippen molar-refractivity contribution in [2.24, 2.45) is 0 Å². The smallest absolute Gasteiger partial charge is 0.341 e. The van der Waals surface area contributed by atoms with Gasteiger partial charge in [-0.25, -0.2) is 9.78 Å². The van der Waals surface area contributed by atoms with E-state index in [2.05, 4.69) is 16.4 Å². The van der Waals surface area contributed by atoms with Gasteiger partial charge in [0, 0.05) is 27.6 Å². The van der Waals surface area contributed by atoms with Crippen LogP contribution in [0.5, 0.6) is 0 Å². The molecule has 0 spiro atoms. The van der Waals surface area contributed by atoms with Crippen molar-refractivity contribution in [1.82, 2.24) is 4.98 Å². The number of nitrogens with one attached hydrogen (secondary N) is 1. The Bertz CT molecular complexity index is 1300. The average molecular weight is 540 g/mol. The highest BCUT2D eigenvalue weighted by atomic mass is 35.5. The summed E-state index contributed by atoms with van der Waals surface area (Å²) in [5, 5.41) is 14.2. The van der Waals surface area contributed by atoms with Crippen molar-refractivity contribution >= 4 is 51.6 Å². The Kier molecular flexibility index (Phi) is 9.03. The summed E-state index contributed by atoms with van der Waals surface area (Å²) in [6, 6.07) is 13.1. The van der Waals surface area contributed by atoms with Crippen molar-refractivity contribution in [3.63, 3.8) is 0 Å². The lowest BCUT2D eigenvalue weighted by Gasteiger charge is -2.11. The molecule has 0 radical (unpaired) electrons. The fourth-order valence-electron chi connectivity index (χ4n) is 4.17. The van der Waals surface area contributed by atoms with E-state index < -0.39 is 5.97 Å². The molecule has 0 aliphatic heterocycles. The van der Waals surface area contributed by atoms with E-state index in [-0.39, 0.29) is 12.3 Å². The Morgan fingerprint density at radius 2 is 1.89 bits per heavy atom. The monoisotopic (exact) mass is 539 g/mol. The number of ether oxygens (including phenoxy) is 1. The van der Waals surface area contributed by atoms with Crippen molar-refractivity contribution in [2.75, 3.05) is 18.2 Å². The molecule has 1 aliphatic rings. The second kappa shape index (κ2) is 12.4. The molecule has 3 aromatic rings. The van der Waals surface area contributed by atoms with Gasteiger partial charge in [0.1, 0.15) is 16.1 Å². The molecular formula is C27H26ClN3O3S2. The maximum atomic E-state index is 12.8. The number of carbonyl (C=O) groups is 2. The van der Waals surface area contributed by atoms with Gasteiger partial charge in [-0.1, -0.05) is 36.6 Å². The topological polar surface area (TPSA) is 92.1 Å². The molecule has 1 amide bonds. The number of rotatable bonds is 7. The third-order valence-electron chi connectivity index (χ3n) is 6.00. The Balaban J connectivity index is 1.44. The van der Waals surface area contributed by atoms with Crippen LogP contribution < -0.4 is 5.32 Å². The lowest BCUT2D eigenvalue weighted by Crippen LogP contribution is -2.15. The number of benzene rings is 1. The summed E-state index contributed by atoms with van der Waals surface area (Å²) in [6.07, 6.45) is 6.40. The lowest BCUT2D eigenvalue weighted by molar-refractivity contribution is -0.115. The highest BCUT2D eigenvalue weighted by molar-refractivity contribution is 7.99. The number of hydrogen-bond acceptors (Lipinski definition) is 7. The second-order valence-corrected chi connectivity index (χ2v) is 11.1. The molecule has 0 unspecified atom stereocenters. The van der Waals surface area contributed by atoms with E-state index in [1.54, 1.807) is 24.3 Å². The number of hydrogen-bond donors (Lipinski definition) is 1. The molecule has 0 fully saturated rings. The minimum absolute atomic E-state index is 0.186. The van der Waals surface area contributed by atoms with Crippen molar-refractivity contribution in [1.29, 1.82) is 5.26 Å². The molecule has 1 N–H and O–H groups in total. The number of nitrogens with zero attached hydrogens (tertiary/aromatic N) is 2. The number of fused-ring (bicyclic) bond motifs is 1. The Hall–Kier alpha value is -2.86. The molecule has 0 saturated carbocycles. The number of esters is 1. The molecule has 186 valence electrons. The fourth-order valence-corrected chi connectivity index (χ4v) is 6.50. The van der Waals surface area contributed by atoms with Gasteiger partial charge in [-0.05, 0) is 55.5 Å². The Labute approximate surface area is 224 Å². The summed E-state index contributed by atoms with van der Waals surface area (Å²) < 4.78 is 5.04. The molecule has 2 heterocycles. The van der Waals surface area contributed by atoms with Crippen LogP contribution in [-0.4, -0.2) is 29.7 Å². The van der Waals surface area contributed by atoms with Gasteiger partial charge < -0.3 is 10.1 Å². The molecule has 0 saturated heterocycles. The molecule has 1 aromatic carbocycles. The van der Waals surface area contributed by atoms with Gasteiger partial charge >= 0.3 is 5.97 Å². The molecule has 36 heavy (non-hydrogen) atoms. The van der Waals surface area contributed by atoms with Crippen LogP contribution in [0.25, 0.3) is 11.3 Å². The summed E-state index contributed by atoms with van der Waals surface area (Å²) >= 11 is 8.83. The first kappa shape index (κ1) is 26.2. The number of aryl methyl sites for hydroxylation is 1. The quantitative estimate of drug-likeness (QED) is 0.259. The molecule has 6 nitrogen and oxygen atoms in total. The zero-order valence-corrected chi connectivity index (χ0v) is 22.3. The number of amides is 1. The maximum Gasteiger partial charge on any atom is 0.341 e. The van der Waals surface area contributed by atoms with Gasteiger partial charge in [-0.15, -0.1) is 23.1 Å². The molecule has 9 heteroatoms. The van der Waals surface area contributed by atoms with E-state index in [0.717, 1.165) is 48.9 Å². The molecule has 2 aromatic heterocycles. The highest BCUT2D eigenvalue weighted by Gasteiger charge is 2.25. The molecule has 0 bridgehead atoms. The zero-order valence-electron chi connectivity index (χ0n) is 19.9. The number of thioether (sulfide) groups is 1. The predicted molar refractivity (Wildman–Crippen MR) is 145 cm³/mol. The zero-order chi connectivity index (χ0) is 25.5. The van der Waals surface area contributed by atoms with Crippen LogP contribution in [0.4, 0.5) is 5.00 Å². The van der Waals surface area contributed by atoms with E-state index in [1.165, 1.54) is 41.5 Å². The summed E-state index contributed by atoms with van der Waals surface area (Å²) in [5.74, 6) is -0.148. The predicted octanol–water partition coefficient (Wildman–Crippen LogP) is 6.90. The highest BCUT2D eigenvalue weighted by Crippen LogP contribution is 2.37. The van der Waals surface area contributed by atoms with E-state index >= 15 is 0 Å². The van der Waals surface area contributed by atoms with Crippen molar-refractivity contribution in [2.45, 2.75) is 50.0 Å². The molecular weight excluding hydrogens is 514 g/mol. The van der Waals surface area contributed by atoms with Gasteiger partial charge in [0.15, 0.2) is 0 Å².